The van der Waals surface area contributed by atoms with E-state index in [1.165, 1.54) is 0 Å². The first kappa shape index (κ1) is 12.8. The van der Waals surface area contributed by atoms with Crippen molar-refractivity contribution in [2.45, 2.75) is 20.0 Å². The lowest BCUT2D eigenvalue weighted by molar-refractivity contribution is 0.214. The Hall–Kier alpha value is -2.26. The molecule has 1 N–H and O–H groups in total. The van der Waals surface area contributed by atoms with Gasteiger partial charge >= 0.3 is 0 Å². The molecule has 1 unspecified atom stereocenters. The molecular weight excluding hydrogens is 248 g/mol. The van der Waals surface area contributed by atoms with Crippen molar-refractivity contribution >= 4 is 10.9 Å². The van der Waals surface area contributed by atoms with Crippen LogP contribution in [0, 0.1) is 13.8 Å². The second-order valence-electron chi connectivity index (χ2n) is 5.07. The van der Waals surface area contributed by atoms with Crippen molar-refractivity contribution in [3.63, 3.8) is 0 Å². The van der Waals surface area contributed by atoms with E-state index in [9.17, 15) is 5.11 Å². The smallest absolute Gasteiger partial charge is 0.121 e. The van der Waals surface area contributed by atoms with Crippen LogP contribution >= 0.6 is 0 Å². The Morgan fingerprint density at radius 1 is 1.05 bits per heavy atom. The van der Waals surface area contributed by atoms with Gasteiger partial charge in [-0.2, -0.15) is 0 Å². The Morgan fingerprint density at radius 2 is 1.90 bits per heavy atom. The van der Waals surface area contributed by atoms with Crippen LogP contribution in [-0.2, 0) is 0 Å². The van der Waals surface area contributed by atoms with Crippen LogP contribution in [-0.4, -0.2) is 15.1 Å². The molecule has 0 saturated carbocycles. The number of aryl methyl sites for hydroxylation is 2. The molecule has 0 aliphatic carbocycles. The first-order valence-electron chi connectivity index (χ1n) is 6.61. The maximum Gasteiger partial charge on any atom is 0.121 e. The Bertz CT molecular complexity index is 768. The van der Waals surface area contributed by atoms with Crippen molar-refractivity contribution in [3.05, 3.63) is 71.2 Å². The van der Waals surface area contributed by atoms with E-state index in [0.29, 0.717) is 5.69 Å². The fraction of sp³-hybridized carbons (Fsp3) is 0.176. The summed E-state index contributed by atoms with van der Waals surface area (Å²) in [6.07, 6.45) is 2.82. The maximum atomic E-state index is 10.5. The molecule has 0 amide bonds. The lowest BCUT2D eigenvalue weighted by Crippen LogP contribution is -2.05. The first-order chi connectivity index (χ1) is 9.65. The highest BCUT2D eigenvalue weighted by Gasteiger charge is 2.15. The Morgan fingerprint density at radius 3 is 2.70 bits per heavy atom. The number of aliphatic hydroxyl groups is 1. The number of hydrogen-bond donors (Lipinski definition) is 1. The summed E-state index contributed by atoms with van der Waals surface area (Å²) in [5.41, 5.74) is 4.49. The zero-order valence-electron chi connectivity index (χ0n) is 11.5. The Balaban J connectivity index is 2.05. The molecule has 0 bridgehead atoms. The number of fused-ring (bicyclic) bond motifs is 1. The normalized spacial score (nSPS) is 12.6. The molecule has 20 heavy (non-hydrogen) atoms. The number of hydrogen-bond acceptors (Lipinski definition) is 3. The van der Waals surface area contributed by atoms with Gasteiger partial charge in [-0.25, -0.2) is 0 Å². The summed E-state index contributed by atoms with van der Waals surface area (Å²) in [5.74, 6) is 0. The third-order valence-corrected chi connectivity index (χ3v) is 3.46. The van der Waals surface area contributed by atoms with E-state index in [-0.39, 0.29) is 0 Å². The standard InChI is InChI=1S/C17H16N2O/c1-11-8-12(2)16(19-10-11)17(20)14-6-5-13-4-3-7-18-15(13)9-14/h3-10,17,20H,1-2H3. The summed E-state index contributed by atoms with van der Waals surface area (Å²) in [6.45, 7) is 3.97. The van der Waals surface area contributed by atoms with Gasteiger partial charge < -0.3 is 5.11 Å². The van der Waals surface area contributed by atoms with Crippen LogP contribution in [0.5, 0.6) is 0 Å². The van der Waals surface area contributed by atoms with Gasteiger partial charge in [-0.3, -0.25) is 9.97 Å². The monoisotopic (exact) mass is 264 g/mol. The zero-order valence-corrected chi connectivity index (χ0v) is 11.5. The number of nitrogens with zero attached hydrogens (tertiary/aromatic N) is 2. The molecule has 0 aliphatic heterocycles. The van der Waals surface area contributed by atoms with Crippen molar-refractivity contribution in [2.24, 2.45) is 0 Å². The minimum Gasteiger partial charge on any atom is -0.382 e. The number of aromatic nitrogens is 2. The highest BCUT2D eigenvalue weighted by atomic mass is 16.3. The second kappa shape index (κ2) is 5.02. The maximum absolute atomic E-state index is 10.5. The number of benzene rings is 1. The van der Waals surface area contributed by atoms with E-state index in [4.69, 9.17) is 0 Å². The van der Waals surface area contributed by atoms with Crippen LogP contribution < -0.4 is 0 Å². The highest BCUT2D eigenvalue weighted by molar-refractivity contribution is 5.79. The summed E-state index contributed by atoms with van der Waals surface area (Å²) in [6, 6.07) is 11.8. The molecule has 3 aromatic rings. The van der Waals surface area contributed by atoms with Crippen LogP contribution in [0.3, 0.4) is 0 Å². The van der Waals surface area contributed by atoms with Crippen molar-refractivity contribution in [2.75, 3.05) is 0 Å². The molecule has 100 valence electrons. The molecule has 2 heterocycles. The number of rotatable bonds is 2. The van der Waals surface area contributed by atoms with Crippen LogP contribution in [0.15, 0.2) is 48.8 Å². The predicted octanol–water partition coefficient (Wildman–Crippen LogP) is 3.33. The lowest BCUT2D eigenvalue weighted by atomic mass is 10.0. The van der Waals surface area contributed by atoms with E-state index in [0.717, 1.165) is 27.6 Å². The third kappa shape index (κ3) is 2.28. The highest BCUT2D eigenvalue weighted by Crippen LogP contribution is 2.25. The van der Waals surface area contributed by atoms with Gasteiger partial charge in [-0.15, -0.1) is 0 Å². The van der Waals surface area contributed by atoms with Crippen LogP contribution in [0.25, 0.3) is 10.9 Å². The van der Waals surface area contributed by atoms with E-state index in [1.54, 1.807) is 12.4 Å². The molecule has 2 aromatic heterocycles. The van der Waals surface area contributed by atoms with Gasteiger partial charge in [-0.1, -0.05) is 24.3 Å². The fourth-order valence-corrected chi connectivity index (χ4v) is 2.42. The topological polar surface area (TPSA) is 46.0 Å². The summed E-state index contributed by atoms with van der Waals surface area (Å²) in [7, 11) is 0. The van der Waals surface area contributed by atoms with E-state index in [1.807, 2.05) is 50.2 Å². The van der Waals surface area contributed by atoms with Gasteiger partial charge in [0.2, 0.25) is 0 Å². The molecule has 0 aliphatic rings. The Kier molecular flexibility index (Phi) is 3.20. The van der Waals surface area contributed by atoms with Crippen molar-refractivity contribution in [1.29, 1.82) is 0 Å². The fourth-order valence-electron chi connectivity index (χ4n) is 2.42. The molecule has 3 rings (SSSR count). The number of pyridine rings is 2. The van der Waals surface area contributed by atoms with Crippen LogP contribution in [0.2, 0.25) is 0 Å². The first-order valence-corrected chi connectivity index (χ1v) is 6.61. The van der Waals surface area contributed by atoms with Crippen molar-refractivity contribution in [1.82, 2.24) is 9.97 Å². The molecular formula is C17H16N2O. The average molecular weight is 264 g/mol. The zero-order chi connectivity index (χ0) is 14.1. The van der Waals surface area contributed by atoms with Crippen molar-refractivity contribution < 1.29 is 5.11 Å². The molecule has 0 radical (unpaired) electrons. The quantitative estimate of drug-likeness (QED) is 0.772. The SMILES string of the molecule is Cc1cnc(C(O)c2ccc3cccnc3c2)c(C)c1. The van der Waals surface area contributed by atoms with Gasteiger partial charge in [0.25, 0.3) is 0 Å². The van der Waals surface area contributed by atoms with E-state index < -0.39 is 6.10 Å². The summed E-state index contributed by atoms with van der Waals surface area (Å²) < 4.78 is 0. The predicted molar refractivity (Wildman–Crippen MR) is 79.5 cm³/mol. The molecule has 1 aromatic carbocycles. The largest absolute Gasteiger partial charge is 0.382 e. The van der Waals surface area contributed by atoms with Crippen LogP contribution in [0.4, 0.5) is 0 Å². The average Bonchev–Trinajstić information content (AvgIpc) is 2.46. The summed E-state index contributed by atoms with van der Waals surface area (Å²) in [4.78, 5) is 8.69. The molecule has 0 spiro atoms. The lowest BCUT2D eigenvalue weighted by Gasteiger charge is -2.14. The second-order valence-corrected chi connectivity index (χ2v) is 5.07. The van der Waals surface area contributed by atoms with E-state index in [2.05, 4.69) is 9.97 Å². The van der Waals surface area contributed by atoms with Gasteiger partial charge in [0.05, 0.1) is 11.2 Å². The van der Waals surface area contributed by atoms with E-state index >= 15 is 0 Å². The molecule has 0 fully saturated rings. The molecule has 3 heteroatoms. The van der Waals surface area contributed by atoms with Crippen LogP contribution in [0.1, 0.15) is 28.5 Å². The van der Waals surface area contributed by atoms with Gasteiger partial charge in [0, 0.05) is 17.8 Å². The minimum atomic E-state index is -0.720. The van der Waals surface area contributed by atoms with Gasteiger partial charge in [0.15, 0.2) is 0 Å². The summed E-state index contributed by atoms with van der Waals surface area (Å²) in [5, 5.41) is 11.6. The summed E-state index contributed by atoms with van der Waals surface area (Å²) >= 11 is 0. The van der Waals surface area contributed by atoms with Gasteiger partial charge in [-0.05, 0) is 42.7 Å². The van der Waals surface area contributed by atoms with Gasteiger partial charge in [0.1, 0.15) is 6.10 Å². The third-order valence-electron chi connectivity index (χ3n) is 3.46. The molecule has 1 atom stereocenters. The molecule has 3 nitrogen and oxygen atoms in total. The number of aliphatic hydroxyl groups excluding tert-OH is 1. The minimum absolute atomic E-state index is 0.700. The molecule has 0 saturated heterocycles. The van der Waals surface area contributed by atoms with Crippen molar-refractivity contribution in [3.8, 4) is 0 Å². The Labute approximate surface area is 117 Å².